The van der Waals surface area contributed by atoms with E-state index in [1.807, 2.05) is 13.8 Å². The Bertz CT molecular complexity index is 267. The van der Waals surface area contributed by atoms with Gasteiger partial charge in [-0.25, -0.2) is 4.98 Å². The van der Waals surface area contributed by atoms with Crippen molar-refractivity contribution in [3.05, 3.63) is 16.6 Å². The fraction of sp³-hybridized carbons (Fsp3) is 0.500. The van der Waals surface area contributed by atoms with E-state index in [1.165, 1.54) is 11.3 Å². The van der Waals surface area contributed by atoms with Crippen LogP contribution < -0.4 is 5.32 Å². The third-order valence-corrected chi connectivity index (χ3v) is 2.59. The van der Waals surface area contributed by atoms with Crippen LogP contribution in [-0.4, -0.2) is 23.4 Å². The highest BCUT2D eigenvalue weighted by atomic mass is 32.1. The van der Waals surface area contributed by atoms with Gasteiger partial charge in [-0.05, 0) is 20.9 Å². The molecule has 4 heteroatoms. The molecule has 0 radical (unpaired) electrons. The molecule has 0 spiro atoms. The largest absolute Gasteiger partial charge is 0.308 e. The fourth-order valence-corrected chi connectivity index (χ4v) is 1.45. The third kappa shape index (κ3) is 1.70. The van der Waals surface area contributed by atoms with Gasteiger partial charge in [0, 0.05) is 11.6 Å². The van der Waals surface area contributed by atoms with Gasteiger partial charge in [-0.1, -0.05) is 0 Å². The molecule has 1 rings (SSSR count). The standard InChI is InChI=1S/C8H12N2OS/c1-8(2,9-3)6(11)7-10-4-5-12-7/h4-5,9H,1-3H3. The molecule has 0 bridgehead atoms. The monoisotopic (exact) mass is 184 g/mol. The van der Waals surface area contributed by atoms with Crippen LogP contribution in [0.5, 0.6) is 0 Å². The van der Waals surface area contributed by atoms with E-state index in [4.69, 9.17) is 0 Å². The van der Waals surface area contributed by atoms with Crippen molar-refractivity contribution < 1.29 is 4.79 Å². The molecular formula is C8H12N2OS. The molecule has 3 nitrogen and oxygen atoms in total. The van der Waals surface area contributed by atoms with E-state index in [9.17, 15) is 4.79 Å². The zero-order chi connectivity index (χ0) is 9.19. The summed E-state index contributed by atoms with van der Waals surface area (Å²) in [7, 11) is 1.77. The molecule has 12 heavy (non-hydrogen) atoms. The number of nitrogens with zero attached hydrogens (tertiary/aromatic N) is 1. The molecule has 0 atom stereocenters. The van der Waals surface area contributed by atoms with Gasteiger partial charge in [0.1, 0.15) is 0 Å². The number of hydrogen-bond acceptors (Lipinski definition) is 4. The number of ketones is 1. The maximum Gasteiger partial charge on any atom is 0.210 e. The summed E-state index contributed by atoms with van der Waals surface area (Å²) in [6.45, 7) is 3.69. The molecule has 0 unspecified atom stereocenters. The molecule has 1 N–H and O–H groups in total. The summed E-state index contributed by atoms with van der Waals surface area (Å²) < 4.78 is 0. The predicted octanol–water partition coefficient (Wildman–Crippen LogP) is 1.32. The minimum atomic E-state index is -0.516. The molecule has 0 saturated carbocycles. The van der Waals surface area contributed by atoms with Crippen molar-refractivity contribution in [2.45, 2.75) is 19.4 Å². The second kappa shape index (κ2) is 3.33. The van der Waals surface area contributed by atoms with Crippen molar-refractivity contribution in [3.63, 3.8) is 0 Å². The van der Waals surface area contributed by atoms with Crippen LogP contribution in [0.2, 0.25) is 0 Å². The maximum atomic E-state index is 11.6. The number of Topliss-reactive ketones (excluding diaryl/α,β-unsaturated/α-hetero) is 1. The summed E-state index contributed by atoms with van der Waals surface area (Å²) >= 11 is 1.37. The first-order chi connectivity index (χ1) is 5.58. The van der Waals surface area contributed by atoms with Gasteiger partial charge in [-0.15, -0.1) is 11.3 Å². The number of hydrogen-bond donors (Lipinski definition) is 1. The summed E-state index contributed by atoms with van der Waals surface area (Å²) in [4.78, 5) is 15.6. The van der Waals surface area contributed by atoms with Gasteiger partial charge in [-0.3, -0.25) is 4.79 Å². The topological polar surface area (TPSA) is 42.0 Å². The Morgan fingerprint density at radius 1 is 1.67 bits per heavy atom. The molecule has 0 amide bonds. The third-order valence-electron chi connectivity index (χ3n) is 1.82. The summed E-state index contributed by atoms with van der Waals surface area (Å²) in [6.07, 6.45) is 1.64. The lowest BCUT2D eigenvalue weighted by Gasteiger charge is -2.20. The zero-order valence-corrected chi connectivity index (χ0v) is 8.23. The van der Waals surface area contributed by atoms with Crippen LogP contribution in [0.4, 0.5) is 0 Å². The number of rotatable bonds is 3. The molecule has 0 saturated heterocycles. The number of likely N-dealkylation sites (N-methyl/N-ethyl adjacent to an activating group) is 1. The highest BCUT2D eigenvalue weighted by Gasteiger charge is 2.27. The van der Waals surface area contributed by atoms with Crippen LogP contribution in [-0.2, 0) is 0 Å². The first-order valence-corrected chi connectivity index (χ1v) is 4.59. The van der Waals surface area contributed by atoms with E-state index in [-0.39, 0.29) is 5.78 Å². The van der Waals surface area contributed by atoms with E-state index < -0.39 is 5.54 Å². The number of carbonyl (C=O) groups excluding carboxylic acids is 1. The second-order valence-electron chi connectivity index (χ2n) is 3.04. The Morgan fingerprint density at radius 3 is 2.75 bits per heavy atom. The predicted molar refractivity (Wildman–Crippen MR) is 49.6 cm³/mol. The Kier molecular flexibility index (Phi) is 2.59. The summed E-state index contributed by atoms with van der Waals surface area (Å²) in [5, 5.41) is 5.32. The van der Waals surface area contributed by atoms with Gasteiger partial charge < -0.3 is 5.32 Å². The van der Waals surface area contributed by atoms with Crippen molar-refractivity contribution in [2.24, 2.45) is 0 Å². The van der Waals surface area contributed by atoms with E-state index in [1.54, 1.807) is 18.6 Å². The SMILES string of the molecule is CNC(C)(C)C(=O)c1nccs1. The van der Waals surface area contributed by atoms with Gasteiger partial charge in [0.25, 0.3) is 0 Å². The van der Waals surface area contributed by atoms with E-state index >= 15 is 0 Å². The Balaban J connectivity index is 2.86. The molecular weight excluding hydrogens is 172 g/mol. The quantitative estimate of drug-likeness (QED) is 0.720. The smallest absolute Gasteiger partial charge is 0.210 e. The minimum absolute atomic E-state index is 0.0417. The highest BCUT2D eigenvalue weighted by molar-refractivity contribution is 7.11. The van der Waals surface area contributed by atoms with Gasteiger partial charge in [0.05, 0.1) is 5.54 Å². The Hall–Kier alpha value is -0.740. The molecule has 0 aromatic carbocycles. The normalized spacial score (nSPS) is 11.6. The molecule has 1 heterocycles. The van der Waals surface area contributed by atoms with Crippen molar-refractivity contribution in [2.75, 3.05) is 7.05 Å². The number of aromatic nitrogens is 1. The van der Waals surface area contributed by atoms with Crippen molar-refractivity contribution in [3.8, 4) is 0 Å². The average Bonchev–Trinajstić information content (AvgIpc) is 2.55. The van der Waals surface area contributed by atoms with Crippen LogP contribution in [0.3, 0.4) is 0 Å². The van der Waals surface area contributed by atoms with Crippen LogP contribution in [0.15, 0.2) is 11.6 Å². The Morgan fingerprint density at radius 2 is 2.33 bits per heavy atom. The van der Waals surface area contributed by atoms with Gasteiger partial charge in [-0.2, -0.15) is 0 Å². The first kappa shape index (κ1) is 9.35. The molecule has 0 aliphatic carbocycles. The van der Waals surface area contributed by atoms with Crippen molar-refractivity contribution in [1.29, 1.82) is 0 Å². The summed E-state index contributed by atoms with van der Waals surface area (Å²) in [5.74, 6) is 0.0417. The molecule has 1 aromatic heterocycles. The second-order valence-corrected chi connectivity index (χ2v) is 3.94. The number of nitrogens with one attached hydrogen (secondary N) is 1. The highest BCUT2D eigenvalue weighted by Crippen LogP contribution is 2.13. The lowest BCUT2D eigenvalue weighted by Crippen LogP contribution is -2.44. The summed E-state index contributed by atoms with van der Waals surface area (Å²) in [6, 6.07) is 0. The van der Waals surface area contributed by atoms with Crippen LogP contribution in [0, 0.1) is 0 Å². The minimum Gasteiger partial charge on any atom is -0.308 e. The fourth-order valence-electron chi connectivity index (χ4n) is 0.716. The van der Waals surface area contributed by atoms with Crippen LogP contribution in [0.1, 0.15) is 23.6 Å². The molecule has 1 aromatic rings. The number of thiazole rings is 1. The molecule has 0 aliphatic rings. The molecule has 0 aliphatic heterocycles. The molecule has 66 valence electrons. The lowest BCUT2D eigenvalue weighted by molar-refractivity contribution is 0.0889. The maximum absolute atomic E-state index is 11.6. The average molecular weight is 184 g/mol. The lowest BCUT2D eigenvalue weighted by atomic mass is 10.0. The van der Waals surface area contributed by atoms with Crippen LogP contribution in [0.25, 0.3) is 0 Å². The summed E-state index contributed by atoms with van der Waals surface area (Å²) in [5.41, 5.74) is -0.516. The van der Waals surface area contributed by atoms with Crippen LogP contribution >= 0.6 is 11.3 Å². The first-order valence-electron chi connectivity index (χ1n) is 3.71. The molecule has 0 fully saturated rings. The van der Waals surface area contributed by atoms with Crippen molar-refractivity contribution in [1.82, 2.24) is 10.3 Å². The van der Waals surface area contributed by atoms with E-state index in [0.29, 0.717) is 5.01 Å². The zero-order valence-electron chi connectivity index (χ0n) is 7.42. The van der Waals surface area contributed by atoms with E-state index in [2.05, 4.69) is 10.3 Å². The Labute approximate surface area is 75.8 Å². The number of carbonyl (C=O) groups is 1. The van der Waals surface area contributed by atoms with Gasteiger partial charge >= 0.3 is 0 Å². The van der Waals surface area contributed by atoms with E-state index in [0.717, 1.165) is 0 Å². The van der Waals surface area contributed by atoms with Gasteiger partial charge in [0.2, 0.25) is 5.78 Å². The van der Waals surface area contributed by atoms with Crippen molar-refractivity contribution >= 4 is 17.1 Å². The van der Waals surface area contributed by atoms with Gasteiger partial charge in [0.15, 0.2) is 5.01 Å².